The highest BCUT2D eigenvalue weighted by Gasteiger charge is 2.08. The maximum atomic E-state index is 9.21. The van der Waals surface area contributed by atoms with Crippen molar-refractivity contribution in [3.05, 3.63) is 59.1 Å². The standard InChI is InChI=1S/C14H11BrN2O2/c15-14-16-12(13-3-1-2-8-17(13)14)9-19-11-6-4-10(18)5-7-11/h1-8,18H,9H2. The number of halogens is 1. The molecule has 0 aliphatic heterocycles. The molecule has 3 rings (SSSR count). The van der Waals surface area contributed by atoms with E-state index in [1.807, 2.05) is 28.8 Å². The summed E-state index contributed by atoms with van der Waals surface area (Å²) in [4.78, 5) is 4.43. The zero-order valence-corrected chi connectivity index (χ0v) is 11.5. The quantitative estimate of drug-likeness (QED) is 0.805. The predicted octanol–water partition coefficient (Wildman–Crippen LogP) is 3.38. The molecule has 4 nitrogen and oxygen atoms in total. The second-order valence-corrected chi connectivity index (χ2v) is 4.78. The summed E-state index contributed by atoms with van der Waals surface area (Å²) in [6.07, 6.45) is 1.94. The lowest BCUT2D eigenvalue weighted by Crippen LogP contribution is -1.96. The van der Waals surface area contributed by atoms with Gasteiger partial charge in [-0.3, -0.25) is 4.40 Å². The molecule has 0 saturated carbocycles. The fraction of sp³-hybridized carbons (Fsp3) is 0.0714. The number of aromatic nitrogens is 2. The van der Waals surface area contributed by atoms with Crippen molar-refractivity contribution < 1.29 is 9.84 Å². The molecule has 0 aliphatic carbocycles. The first-order valence-corrected chi connectivity index (χ1v) is 6.56. The third-order valence-corrected chi connectivity index (χ3v) is 3.35. The summed E-state index contributed by atoms with van der Waals surface area (Å²) >= 11 is 3.42. The van der Waals surface area contributed by atoms with Gasteiger partial charge in [0, 0.05) is 6.20 Å². The fourth-order valence-electron chi connectivity index (χ4n) is 1.86. The van der Waals surface area contributed by atoms with Gasteiger partial charge in [-0.25, -0.2) is 4.98 Å². The minimum absolute atomic E-state index is 0.225. The van der Waals surface area contributed by atoms with Crippen molar-refractivity contribution in [2.24, 2.45) is 0 Å². The summed E-state index contributed by atoms with van der Waals surface area (Å²) in [5.74, 6) is 0.925. The second-order valence-electron chi connectivity index (χ2n) is 4.07. The van der Waals surface area contributed by atoms with Gasteiger partial charge in [0.05, 0.1) is 5.52 Å². The SMILES string of the molecule is Oc1ccc(OCc2nc(Br)n3ccccc23)cc1. The minimum Gasteiger partial charge on any atom is -0.508 e. The van der Waals surface area contributed by atoms with Crippen LogP contribution in [-0.2, 0) is 6.61 Å². The van der Waals surface area contributed by atoms with Crippen LogP contribution in [0, 0.1) is 0 Å². The van der Waals surface area contributed by atoms with Crippen LogP contribution in [0.3, 0.4) is 0 Å². The van der Waals surface area contributed by atoms with Crippen LogP contribution in [0.15, 0.2) is 53.4 Å². The van der Waals surface area contributed by atoms with Crippen molar-refractivity contribution in [3.8, 4) is 11.5 Å². The van der Waals surface area contributed by atoms with Crippen LogP contribution in [0.5, 0.6) is 11.5 Å². The molecule has 0 aliphatic rings. The number of benzene rings is 1. The predicted molar refractivity (Wildman–Crippen MR) is 75.3 cm³/mol. The third-order valence-electron chi connectivity index (χ3n) is 2.79. The molecule has 0 unspecified atom stereocenters. The van der Waals surface area contributed by atoms with Gasteiger partial charge in [0.15, 0.2) is 4.73 Å². The summed E-state index contributed by atoms with van der Waals surface area (Å²) in [6.45, 7) is 0.379. The number of imidazole rings is 1. The zero-order valence-electron chi connectivity index (χ0n) is 9.95. The molecule has 2 aromatic heterocycles. The number of phenols is 1. The van der Waals surface area contributed by atoms with E-state index in [-0.39, 0.29) is 5.75 Å². The molecule has 96 valence electrons. The van der Waals surface area contributed by atoms with Crippen LogP contribution in [0.4, 0.5) is 0 Å². The van der Waals surface area contributed by atoms with Gasteiger partial charge in [-0.05, 0) is 52.3 Å². The largest absolute Gasteiger partial charge is 0.508 e. The van der Waals surface area contributed by atoms with Crippen molar-refractivity contribution >= 4 is 21.4 Å². The van der Waals surface area contributed by atoms with Crippen LogP contribution < -0.4 is 4.74 Å². The van der Waals surface area contributed by atoms with Gasteiger partial charge in [0.25, 0.3) is 0 Å². The highest BCUT2D eigenvalue weighted by molar-refractivity contribution is 9.10. The van der Waals surface area contributed by atoms with Gasteiger partial charge in [-0.1, -0.05) is 6.07 Å². The summed E-state index contributed by atoms with van der Waals surface area (Å²) in [6, 6.07) is 12.5. The number of phenolic OH excluding ortho intramolecular Hbond substituents is 1. The molecule has 0 amide bonds. The number of rotatable bonds is 3. The average Bonchev–Trinajstić information content (AvgIpc) is 2.76. The number of pyridine rings is 1. The Balaban J connectivity index is 1.84. The van der Waals surface area contributed by atoms with E-state index < -0.39 is 0 Å². The van der Waals surface area contributed by atoms with Gasteiger partial charge in [-0.2, -0.15) is 0 Å². The lowest BCUT2D eigenvalue weighted by atomic mass is 10.3. The number of aromatic hydroxyl groups is 1. The number of fused-ring (bicyclic) bond motifs is 1. The van der Waals surface area contributed by atoms with E-state index in [0.717, 1.165) is 15.9 Å². The van der Waals surface area contributed by atoms with E-state index in [1.165, 1.54) is 0 Å². The summed E-state index contributed by atoms with van der Waals surface area (Å²) < 4.78 is 8.37. The van der Waals surface area contributed by atoms with Crippen molar-refractivity contribution in [1.29, 1.82) is 0 Å². The van der Waals surface area contributed by atoms with Gasteiger partial charge in [0.1, 0.15) is 23.8 Å². The molecule has 5 heteroatoms. The van der Waals surface area contributed by atoms with Crippen molar-refractivity contribution in [2.45, 2.75) is 6.61 Å². The molecule has 0 fully saturated rings. The average molecular weight is 319 g/mol. The Morgan fingerprint density at radius 2 is 1.95 bits per heavy atom. The number of ether oxygens (including phenoxy) is 1. The van der Waals surface area contributed by atoms with Gasteiger partial charge in [0.2, 0.25) is 0 Å². The van der Waals surface area contributed by atoms with Gasteiger partial charge >= 0.3 is 0 Å². The molecule has 0 spiro atoms. The van der Waals surface area contributed by atoms with E-state index in [0.29, 0.717) is 12.4 Å². The Labute approximate surface area is 118 Å². The summed E-state index contributed by atoms with van der Waals surface area (Å²) in [5.41, 5.74) is 1.87. The first-order chi connectivity index (χ1) is 9.24. The number of nitrogens with zero attached hydrogens (tertiary/aromatic N) is 2. The van der Waals surface area contributed by atoms with E-state index in [4.69, 9.17) is 4.74 Å². The summed E-state index contributed by atoms with van der Waals surface area (Å²) in [7, 11) is 0. The molecule has 0 atom stereocenters. The monoisotopic (exact) mass is 318 g/mol. The Bertz CT molecular complexity index is 707. The first-order valence-electron chi connectivity index (χ1n) is 5.77. The van der Waals surface area contributed by atoms with E-state index in [1.54, 1.807) is 24.3 Å². The van der Waals surface area contributed by atoms with Crippen molar-refractivity contribution in [2.75, 3.05) is 0 Å². The highest BCUT2D eigenvalue weighted by atomic mass is 79.9. The van der Waals surface area contributed by atoms with Gasteiger partial charge in [-0.15, -0.1) is 0 Å². The third kappa shape index (κ3) is 2.42. The highest BCUT2D eigenvalue weighted by Crippen LogP contribution is 2.20. The van der Waals surface area contributed by atoms with Crippen LogP contribution in [-0.4, -0.2) is 14.5 Å². The lowest BCUT2D eigenvalue weighted by Gasteiger charge is -2.04. The molecule has 19 heavy (non-hydrogen) atoms. The Morgan fingerprint density at radius 3 is 2.74 bits per heavy atom. The normalized spacial score (nSPS) is 10.8. The van der Waals surface area contributed by atoms with Gasteiger partial charge < -0.3 is 9.84 Å². The van der Waals surface area contributed by atoms with Crippen LogP contribution in [0.25, 0.3) is 5.52 Å². The maximum absolute atomic E-state index is 9.21. The molecule has 2 heterocycles. The molecule has 1 N–H and O–H groups in total. The second kappa shape index (κ2) is 4.93. The van der Waals surface area contributed by atoms with E-state index in [9.17, 15) is 5.11 Å². The topological polar surface area (TPSA) is 46.8 Å². The molecular weight excluding hydrogens is 308 g/mol. The molecule has 0 bridgehead atoms. The Hall–Kier alpha value is -2.01. The zero-order chi connectivity index (χ0) is 13.2. The lowest BCUT2D eigenvalue weighted by molar-refractivity contribution is 0.303. The van der Waals surface area contributed by atoms with Crippen molar-refractivity contribution in [3.63, 3.8) is 0 Å². The van der Waals surface area contributed by atoms with E-state index >= 15 is 0 Å². The Kier molecular flexibility index (Phi) is 3.13. The summed E-state index contributed by atoms with van der Waals surface area (Å²) in [5, 5.41) is 9.21. The number of hydrogen-bond acceptors (Lipinski definition) is 3. The van der Waals surface area contributed by atoms with Crippen LogP contribution >= 0.6 is 15.9 Å². The molecule has 3 aromatic rings. The van der Waals surface area contributed by atoms with Crippen molar-refractivity contribution in [1.82, 2.24) is 9.38 Å². The minimum atomic E-state index is 0.225. The smallest absolute Gasteiger partial charge is 0.182 e. The van der Waals surface area contributed by atoms with Crippen LogP contribution in [0.2, 0.25) is 0 Å². The van der Waals surface area contributed by atoms with E-state index in [2.05, 4.69) is 20.9 Å². The fourth-order valence-corrected chi connectivity index (χ4v) is 2.39. The van der Waals surface area contributed by atoms with Crippen LogP contribution in [0.1, 0.15) is 5.69 Å². The molecule has 0 saturated heterocycles. The number of hydrogen-bond donors (Lipinski definition) is 1. The molecular formula is C14H11BrN2O2. The Morgan fingerprint density at radius 1 is 1.16 bits per heavy atom. The first kappa shape index (κ1) is 12.0. The maximum Gasteiger partial charge on any atom is 0.182 e. The molecule has 0 radical (unpaired) electrons. The molecule has 1 aromatic carbocycles.